The maximum atomic E-state index is 11.8. The largest absolute Gasteiger partial charge is 0.338 e. The predicted octanol–water partition coefficient (Wildman–Crippen LogP) is 3.08. The Morgan fingerprint density at radius 2 is 2.29 bits per heavy atom. The van der Waals surface area contributed by atoms with E-state index in [0.29, 0.717) is 19.6 Å². The molecule has 1 aromatic heterocycles. The van der Waals surface area contributed by atoms with Gasteiger partial charge in [0.05, 0.1) is 29.2 Å². The van der Waals surface area contributed by atoms with Crippen molar-refractivity contribution < 1.29 is 14.0 Å². The van der Waals surface area contributed by atoms with Crippen molar-refractivity contribution in [3.63, 3.8) is 0 Å². The normalized spacial score (nSPS) is 15.0. The predicted molar refractivity (Wildman–Crippen MR) is 82.3 cm³/mol. The molecule has 0 fully saturated rings. The highest BCUT2D eigenvalue weighted by Gasteiger charge is 2.18. The van der Waals surface area contributed by atoms with Gasteiger partial charge in [0.25, 0.3) is 0 Å². The fourth-order valence-electron chi connectivity index (χ4n) is 2.10. The van der Waals surface area contributed by atoms with Crippen LogP contribution in [-0.2, 0) is 14.0 Å². The van der Waals surface area contributed by atoms with Gasteiger partial charge in [0.15, 0.2) is 0 Å². The van der Waals surface area contributed by atoms with Gasteiger partial charge in [-0.2, -0.15) is 4.33 Å². The summed E-state index contributed by atoms with van der Waals surface area (Å²) in [5.74, 6) is 0.192. The molecule has 0 saturated heterocycles. The summed E-state index contributed by atoms with van der Waals surface area (Å²) in [5.41, 5.74) is 2.01. The van der Waals surface area contributed by atoms with E-state index < -0.39 is 0 Å². The van der Waals surface area contributed by atoms with Crippen LogP contribution >= 0.6 is 12.0 Å². The van der Waals surface area contributed by atoms with Crippen LogP contribution in [0.1, 0.15) is 32.4 Å². The van der Waals surface area contributed by atoms with Crippen LogP contribution in [0.25, 0.3) is 5.57 Å². The standard InChI is InChI=1S/C15H20N2O3S/c1-3-15(18)17-9-5-6-12(11-17)14-8-7-13(10-16-14)21-20-19-4-2/h6-8,10H,3-5,9,11H2,1-2H3. The van der Waals surface area contributed by atoms with Gasteiger partial charge in [-0.3, -0.25) is 9.78 Å². The molecule has 0 atom stereocenters. The monoisotopic (exact) mass is 308 g/mol. The Morgan fingerprint density at radius 1 is 1.43 bits per heavy atom. The number of aromatic nitrogens is 1. The van der Waals surface area contributed by atoms with Crippen LogP contribution in [-0.4, -0.2) is 35.5 Å². The molecule has 0 aromatic carbocycles. The first-order chi connectivity index (χ1) is 10.2. The zero-order chi connectivity index (χ0) is 15.1. The third kappa shape index (κ3) is 4.56. The molecule has 2 rings (SSSR count). The van der Waals surface area contributed by atoms with Crippen molar-refractivity contribution >= 4 is 23.5 Å². The van der Waals surface area contributed by atoms with Crippen LogP contribution < -0.4 is 0 Å². The molecule has 0 aliphatic carbocycles. The molecule has 6 heteroatoms. The topological polar surface area (TPSA) is 51.7 Å². The second-order valence-electron chi connectivity index (χ2n) is 4.62. The maximum Gasteiger partial charge on any atom is 0.222 e. The summed E-state index contributed by atoms with van der Waals surface area (Å²) in [6.45, 7) is 5.70. The van der Waals surface area contributed by atoms with Crippen LogP contribution in [0.3, 0.4) is 0 Å². The lowest BCUT2D eigenvalue weighted by Crippen LogP contribution is -2.35. The zero-order valence-electron chi connectivity index (χ0n) is 12.4. The summed E-state index contributed by atoms with van der Waals surface area (Å²) in [6, 6.07) is 3.89. The van der Waals surface area contributed by atoms with E-state index in [9.17, 15) is 4.79 Å². The molecule has 0 unspecified atom stereocenters. The second-order valence-corrected chi connectivity index (χ2v) is 5.40. The van der Waals surface area contributed by atoms with E-state index in [-0.39, 0.29) is 5.91 Å². The van der Waals surface area contributed by atoms with Gasteiger partial charge in [-0.25, -0.2) is 4.89 Å². The minimum Gasteiger partial charge on any atom is -0.338 e. The fraction of sp³-hybridized carbons (Fsp3) is 0.467. The summed E-state index contributed by atoms with van der Waals surface area (Å²) in [7, 11) is 0. The van der Waals surface area contributed by atoms with E-state index in [1.54, 1.807) is 6.20 Å². The first-order valence-electron chi connectivity index (χ1n) is 7.14. The van der Waals surface area contributed by atoms with E-state index >= 15 is 0 Å². The fourth-order valence-corrected chi connectivity index (χ4v) is 2.54. The van der Waals surface area contributed by atoms with Crippen molar-refractivity contribution in [1.29, 1.82) is 0 Å². The van der Waals surface area contributed by atoms with Crippen molar-refractivity contribution in [2.45, 2.75) is 31.6 Å². The molecule has 1 aromatic rings. The lowest BCUT2D eigenvalue weighted by Gasteiger charge is -2.27. The number of carbonyl (C=O) groups is 1. The maximum absolute atomic E-state index is 11.8. The lowest BCUT2D eigenvalue weighted by molar-refractivity contribution is -0.185. The lowest BCUT2D eigenvalue weighted by atomic mass is 10.1. The van der Waals surface area contributed by atoms with E-state index in [2.05, 4.69) is 11.1 Å². The summed E-state index contributed by atoms with van der Waals surface area (Å²) >= 11 is 1.14. The number of carbonyl (C=O) groups excluding carboxylic acids is 1. The molecule has 2 heterocycles. The van der Waals surface area contributed by atoms with Gasteiger partial charge in [-0.15, -0.1) is 0 Å². The van der Waals surface area contributed by atoms with Crippen molar-refractivity contribution in [3.05, 3.63) is 30.1 Å². The molecule has 5 nitrogen and oxygen atoms in total. The van der Waals surface area contributed by atoms with Crippen LogP contribution in [0.2, 0.25) is 0 Å². The molecule has 1 amide bonds. The number of pyridine rings is 1. The van der Waals surface area contributed by atoms with E-state index in [1.165, 1.54) is 0 Å². The van der Waals surface area contributed by atoms with Gasteiger partial charge in [0.2, 0.25) is 5.91 Å². The SMILES string of the molecule is CCOOSc1ccc(C2=CCCN(C(=O)CC)C2)nc1. The average molecular weight is 308 g/mol. The average Bonchev–Trinajstić information content (AvgIpc) is 2.55. The molecule has 114 valence electrons. The molecule has 1 aliphatic rings. The van der Waals surface area contributed by atoms with Crippen molar-refractivity contribution in [2.24, 2.45) is 0 Å². The highest BCUT2D eigenvalue weighted by molar-refractivity contribution is 7.94. The third-order valence-corrected chi connectivity index (χ3v) is 3.77. The molecule has 0 saturated carbocycles. The molecular formula is C15H20N2O3S. The Hall–Kier alpha value is -1.37. The Morgan fingerprint density at radius 3 is 2.95 bits per heavy atom. The second kappa shape index (κ2) is 8.17. The Kier molecular flexibility index (Phi) is 6.22. The molecule has 1 aliphatic heterocycles. The summed E-state index contributed by atoms with van der Waals surface area (Å²) in [4.78, 5) is 23.8. The Balaban J connectivity index is 1.98. The number of hydrogen-bond acceptors (Lipinski definition) is 5. The zero-order valence-corrected chi connectivity index (χ0v) is 13.2. The molecule has 0 N–H and O–H groups in total. The minimum absolute atomic E-state index is 0.192. The van der Waals surface area contributed by atoms with Crippen molar-refractivity contribution in [1.82, 2.24) is 9.88 Å². The smallest absolute Gasteiger partial charge is 0.222 e. The Bertz CT molecular complexity index is 502. The minimum atomic E-state index is 0.192. The van der Waals surface area contributed by atoms with Gasteiger partial charge in [-0.1, -0.05) is 13.0 Å². The molecular weight excluding hydrogens is 288 g/mol. The van der Waals surface area contributed by atoms with E-state index in [0.717, 1.165) is 41.2 Å². The van der Waals surface area contributed by atoms with Crippen LogP contribution in [0.4, 0.5) is 0 Å². The van der Waals surface area contributed by atoms with Gasteiger partial charge in [0.1, 0.15) is 0 Å². The number of amides is 1. The molecule has 0 radical (unpaired) electrons. The molecule has 21 heavy (non-hydrogen) atoms. The Labute approximate surface area is 129 Å². The van der Waals surface area contributed by atoms with E-state index in [1.807, 2.05) is 30.9 Å². The van der Waals surface area contributed by atoms with Crippen LogP contribution in [0, 0.1) is 0 Å². The van der Waals surface area contributed by atoms with Crippen molar-refractivity contribution in [2.75, 3.05) is 19.7 Å². The molecule has 0 bridgehead atoms. The first kappa shape index (κ1) is 16.0. The van der Waals surface area contributed by atoms with Crippen LogP contribution in [0.15, 0.2) is 29.3 Å². The van der Waals surface area contributed by atoms with Gasteiger partial charge in [-0.05, 0) is 31.1 Å². The summed E-state index contributed by atoms with van der Waals surface area (Å²) < 4.78 is 4.93. The number of rotatable bonds is 6. The van der Waals surface area contributed by atoms with Crippen LogP contribution in [0.5, 0.6) is 0 Å². The van der Waals surface area contributed by atoms with Gasteiger partial charge >= 0.3 is 0 Å². The van der Waals surface area contributed by atoms with Gasteiger partial charge < -0.3 is 4.90 Å². The molecule has 0 spiro atoms. The number of hydrogen-bond donors (Lipinski definition) is 0. The van der Waals surface area contributed by atoms with Gasteiger partial charge in [0, 0.05) is 25.7 Å². The van der Waals surface area contributed by atoms with E-state index in [4.69, 9.17) is 9.22 Å². The first-order valence-corrected chi connectivity index (χ1v) is 7.88. The summed E-state index contributed by atoms with van der Waals surface area (Å²) in [6.07, 6.45) is 5.34. The summed E-state index contributed by atoms with van der Waals surface area (Å²) in [5, 5.41) is 0. The quantitative estimate of drug-likeness (QED) is 0.350. The van der Waals surface area contributed by atoms with Crippen molar-refractivity contribution in [3.8, 4) is 0 Å². The third-order valence-electron chi connectivity index (χ3n) is 3.17. The number of nitrogens with zero attached hydrogens (tertiary/aromatic N) is 2. The highest BCUT2D eigenvalue weighted by atomic mass is 32.2. The highest BCUT2D eigenvalue weighted by Crippen LogP contribution is 2.23.